The lowest BCUT2D eigenvalue weighted by Gasteiger charge is -2.33. The molecule has 5 rings (SSSR count). The molecule has 39 heavy (non-hydrogen) atoms. The van der Waals surface area contributed by atoms with Gasteiger partial charge in [-0.15, -0.1) is 0 Å². The third-order valence-corrected chi connectivity index (χ3v) is 7.72. The van der Waals surface area contributed by atoms with E-state index in [-0.39, 0.29) is 24.6 Å². The Morgan fingerprint density at radius 3 is 2.44 bits per heavy atom. The highest BCUT2D eigenvalue weighted by molar-refractivity contribution is 5.88. The van der Waals surface area contributed by atoms with Gasteiger partial charge in [0.25, 0.3) is 0 Å². The Bertz CT molecular complexity index is 1270. The van der Waals surface area contributed by atoms with Gasteiger partial charge in [-0.1, -0.05) is 85.5 Å². The third kappa shape index (κ3) is 7.20. The first-order valence-corrected chi connectivity index (χ1v) is 14.1. The molecule has 0 unspecified atom stereocenters. The summed E-state index contributed by atoms with van der Waals surface area (Å²) < 4.78 is 10.9. The number of carbonyl (C=O) groups is 2. The first-order chi connectivity index (χ1) is 19.0. The van der Waals surface area contributed by atoms with Gasteiger partial charge in [0.05, 0.1) is 0 Å². The van der Waals surface area contributed by atoms with Gasteiger partial charge in [0.2, 0.25) is 18.6 Å². The highest BCUT2D eigenvalue weighted by atomic mass is 16.7. The minimum absolute atomic E-state index is 0.0334. The number of hydrogen-bond acceptors (Lipinski definition) is 4. The first kappa shape index (κ1) is 26.8. The number of nitrogens with zero attached hydrogens (tertiary/aromatic N) is 1. The van der Waals surface area contributed by atoms with Crippen molar-refractivity contribution in [3.8, 4) is 11.5 Å². The Balaban J connectivity index is 1.40. The molecule has 2 amide bonds. The number of ether oxygens (including phenoxy) is 2. The standard InChI is InChI=1S/C33H38N2O4/c1-24-9-8-12-27(19-24)22-35(32(36)18-16-26-15-17-30-31(21-26)39-23-38-30)29(20-25-10-4-2-5-11-25)33(37)34-28-13-6-3-7-14-28/h2,4-5,8-12,15,17,19,21,28-29H,3,6-7,13-14,16,18,20,22-23H2,1H3,(H,34,37)/t29-/m0/s1. The minimum atomic E-state index is -0.598. The van der Waals surface area contributed by atoms with Crippen LogP contribution in [0.4, 0.5) is 0 Å². The van der Waals surface area contributed by atoms with Crippen molar-refractivity contribution in [3.05, 3.63) is 95.1 Å². The van der Waals surface area contributed by atoms with Gasteiger partial charge in [-0.05, 0) is 55.0 Å². The van der Waals surface area contributed by atoms with Crippen LogP contribution in [0.1, 0.15) is 60.8 Å². The molecule has 1 fully saturated rings. The van der Waals surface area contributed by atoms with Gasteiger partial charge >= 0.3 is 0 Å². The number of hydrogen-bond donors (Lipinski definition) is 1. The summed E-state index contributed by atoms with van der Waals surface area (Å²) >= 11 is 0. The van der Waals surface area contributed by atoms with Crippen molar-refractivity contribution in [2.75, 3.05) is 6.79 Å². The van der Waals surface area contributed by atoms with E-state index in [0.717, 1.165) is 53.7 Å². The van der Waals surface area contributed by atoms with Crippen LogP contribution in [0.15, 0.2) is 72.8 Å². The summed E-state index contributed by atoms with van der Waals surface area (Å²) in [5.41, 5.74) is 4.20. The van der Waals surface area contributed by atoms with E-state index in [0.29, 0.717) is 31.6 Å². The van der Waals surface area contributed by atoms with Gasteiger partial charge in [-0.2, -0.15) is 0 Å². The molecule has 1 saturated carbocycles. The number of benzene rings is 3. The lowest BCUT2D eigenvalue weighted by Crippen LogP contribution is -2.52. The molecule has 3 aromatic carbocycles. The lowest BCUT2D eigenvalue weighted by atomic mass is 9.94. The second kappa shape index (κ2) is 12.8. The van der Waals surface area contributed by atoms with Crippen LogP contribution in [0.25, 0.3) is 0 Å². The van der Waals surface area contributed by atoms with Crippen LogP contribution >= 0.6 is 0 Å². The fourth-order valence-corrected chi connectivity index (χ4v) is 5.60. The van der Waals surface area contributed by atoms with Crippen molar-refractivity contribution in [3.63, 3.8) is 0 Å². The fraction of sp³-hybridized carbons (Fsp3) is 0.394. The molecule has 0 radical (unpaired) electrons. The Hall–Kier alpha value is -3.80. The zero-order valence-electron chi connectivity index (χ0n) is 22.7. The SMILES string of the molecule is Cc1cccc(CN(C(=O)CCc2ccc3c(c2)OCO3)[C@@H](Cc2ccccc2)C(=O)NC2CCCCC2)c1. The van der Waals surface area contributed by atoms with Gasteiger partial charge < -0.3 is 19.7 Å². The largest absolute Gasteiger partial charge is 0.454 e. The van der Waals surface area contributed by atoms with Gasteiger partial charge in [-0.3, -0.25) is 9.59 Å². The van der Waals surface area contributed by atoms with Crippen LogP contribution in [0.5, 0.6) is 11.5 Å². The highest BCUT2D eigenvalue weighted by Gasteiger charge is 2.32. The maximum absolute atomic E-state index is 14.0. The molecule has 6 nitrogen and oxygen atoms in total. The van der Waals surface area contributed by atoms with E-state index in [9.17, 15) is 9.59 Å². The molecule has 0 aromatic heterocycles. The summed E-state index contributed by atoms with van der Waals surface area (Å²) in [7, 11) is 0. The number of aryl methyl sites for hydroxylation is 2. The van der Waals surface area contributed by atoms with Gasteiger partial charge in [0.15, 0.2) is 11.5 Å². The summed E-state index contributed by atoms with van der Waals surface area (Å²) in [5, 5.41) is 3.31. The summed E-state index contributed by atoms with van der Waals surface area (Å²) in [6.07, 6.45) is 6.82. The molecule has 204 valence electrons. The first-order valence-electron chi connectivity index (χ1n) is 14.1. The number of carbonyl (C=O) groups excluding carboxylic acids is 2. The van der Waals surface area contributed by atoms with Crippen molar-refractivity contribution < 1.29 is 19.1 Å². The van der Waals surface area contributed by atoms with Crippen LogP contribution in [0, 0.1) is 6.92 Å². The molecular formula is C33H38N2O4. The summed E-state index contributed by atoms with van der Waals surface area (Å²) in [4.78, 5) is 29.6. The molecule has 3 aromatic rings. The number of fused-ring (bicyclic) bond motifs is 1. The van der Waals surface area contributed by atoms with Gasteiger partial charge in [0.1, 0.15) is 6.04 Å². The quantitative estimate of drug-likeness (QED) is 0.366. The molecule has 1 N–H and O–H groups in total. The van der Waals surface area contributed by atoms with Crippen molar-refractivity contribution in [1.29, 1.82) is 0 Å². The van der Waals surface area contributed by atoms with E-state index >= 15 is 0 Å². The average molecular weight is 527 g/mol. The Morgan fingerprint density at radius 2 is 1.64 bits per heavy atom. The molecule has 0 bridgehead atoms. The van der Waals surface area contributed by atoms with E-state index in [1.165, 1.54) is 6.42 Å². The van der Waals surface area contributed by atoms with E-state index in [1.54, 1.807) is 4.90 Å². The lowest BCUT2D eigenvalue weighted by molar-refractivity contribution is -0.141. The predicted molar refractivity (Wildman–Crippen MR) is 152 cm³/mol. The zero-order valence-corrected chi connectivity index (χ0v) is 22.7. The predicted octanol–water partition coefficient (Wildman–Crippen LogP) is 5.75. The minimum Gasteiger partial charge on any atom is -0.454 e. The molecule has 1 aliphatic carbocycles. The van der Waals surface area contributed by atoms with Crippen molar-refractivity contribution >= 4 is 11.8 Å². The number of rotatable bonds is 10. The van der Waals surface area contributed by atoms with Gasteiger partial charge in [0, 0.05) is 25.4 Å². The zero-order chi connectivity index (χ0) is 27.0. The fourth-order valence-electron chi connectivity index (χ4n) is 5.60. The van der Waals surface area contributed by atoms with E-state index < -0.39 is 6.04 Å². The van der Waals surface area contributed by atoms with Gasteiger partial charge in [-0.25, -0.2) is 0 Å². The third-order valence-electron chi connectivity index (χ3n) is 7.72. The molecule has 0 spiro atoms. The van der Waals surface area contributed by atoms with Crippen molar-refractivity contribution in [2.24, 2.45) is 0 Å². The van der Waals surface area contributed by atoms with Crippen LogP contribution in [0.2, 0.25) is 0 Å². The summed E-state index contributed by atoms with van der Waals surface area (Å²) in [6.45, 7) is 2.66. The molecule has 0 saturated heterocycles. The van der Waals surface area contributed by atoms with Crippen molar-refractivity contribution in [1.82, 2.24) is 10.2 Å². The second-order valence-corrected chi connectivity index (χ2v) is 10.7. The van der Waals surface area contributed by atoms with E-state index in [2.05, 4.69) is 11.4 Å². The number of amides is 2. The summed E-state index contributed by atoms with van der Waals surface area (Å²) in [5.74, 6) is 1.35. The molecular weight excluding hydrogens is 488 g/mol. The van der Waals surface area contributed by atoms with Crippen molar-refractivity contribution in [2.45, 2.75) is 76.9 Å². The normalized spacial score (nSPS) is 15.5. The highest BCUT2D eigenvalue weighted by Crippen LogP contribution is 2.33. The Kier molecular flexibility index (Phi) is 8.82. The maximum Gasteiger partial charge on any atom is 0.243 e. The molecule has 1 heterocycles. The van der Waals surface area contributed by atoms with Crippen LogP contribution in [-0.4, -0.2) is 35.6 Å². The molecule has 2 aliphatic rings. The Labute approximate surface area is 231 Å². The average Bonchev–Trinajstić information content (AvgIpc) is 3.43. The molecule has 6 heteroatoms. The van der Waals surface area contributed by atoms with Crippen LogP contribution < -0.4 is 14.8 Å². The number of nitrogens with one attached hydrogen (secondary N) is 1. The Morgan fingerprint density at radius 1 is 0.872 bits per heavy atom. The van der Waals surface area contributed by atoms with Crippen LogP contribution in [0.3, 0.4) is 0 Å². The summed E-state index contributed by atoms with van der Waals surface area (Å²) in [6, 6.07) is 23.6. The van der Waals surface area contributed by atoms with Crippen LogP contribution in [-0.2, 0) is 29.0 Å². The maximum atomic E-state index is 14.0. The molecule has 1 atom stereocenters. The monoisotopic (exact) mass is 526 g/mol. The second-order valence-electron chi connectivity index (χ2n) is 10.7. The molecule has 1 aliphatic heterocycles. The smallest absolute Gasteiger partial charge is 0.243 e. The van der Waals surface area contributed by atoms with E-state index in [1.807, 2.05) is 73.7 Å². The topological polar surface area (TPSA) is 67.9 Å². The van der Waals surface area contributed by atoms with E-state index in [4.69, 9.17) is 9.47 Å².